The fraction of sp³-hybridized carbons (Fsp3) is 0.300. The van der Waals surface area contributed by atoms with Crippen LogP contribution in [0.1, 0.15) is 27.2 Å². The molecule has 0 fully saturated rings. The zero-order chi connectivity index (χ0) is 21.8. The highest BCUT2D eigenvalue weighted by Gasteiger charge is 2.29. The molecule has 1 aliphatic rings. The Balaban J connectivity index is 1.55. The molecule has 2 N–H and O–H groups in total. The summed E-state index contributed by atoms with van der Waals surface area (Å²) in [5, 5.41) is 5.05. The van der Waals surface area contributed by atoms with Gasteiger partial charge in [-0.25, -0.2) is 4.79 Å². The van der Waals surface area contributed by atoms with E-state index in [-0.39, 0.29) is 17.9 Å². The SMILES string of the molecule is COC(=O)c1c(NC(=O)COC(=O)CC2Sc3ccccc3NC2=O)sc(C)c1C. The number of methoxy groups -OCH3 is 1. The van der Waals surface area contributed by atoms with Crippen molar-refractivity contribution in [3.8, 4) is 0 Å². The van der Waals surface area contributed by atoms with Crippen molar-refractivity contribution in [2.24, 2.45) is 0 Å². The summed E-state index contributed by atoms with van der Waals surface area (Å²) in [5.74, 6) is -2.08. The highest BCUT2D eigenvalue weighted by Crippen LogP contribution is 2.36. The number of anilines is 2. The van der Waals surface area contributed by atoms with Gasteiger partial charge in [0.2, 0.25) is 5.91 Å². The second-order valence-corrected chi connectivity index (χ2v) is 8.95. The van der Waals surface area contributed by atoms with Gasteiger partial charge in [-0.1, -0.05) is 12.1 Å². The van der Waals surface area contributed by atoms with E-state index in [1.54, 1.807) is 13.0 Å². The largest absolute Gasteiger partial charge is 0.465 e. The quantitative estimate of drug-likeness (QED) is 0.653. The topological polar surface area (TPSA) is 111 Å². The van der Waals surface area contributed by atoms with Crippen LogP contribution in [-0.2, 0) is 23.9 Å². The van der Waals surface area contributed by atoms with Crippen molar-refractivity contribution in [2.75, 3.05) is 24.4 Å². The van der Waals surface area contributed by atoms with E-state index >= 15 is 0 Å². The van der Waals surface area contributed by atoms with Crippen LogP contribution < -0.4 is 10.6 Å². The Labute approximate surface area is 181 Å². The molecule has 0 aliphatic carbocycles. The Hall–Kier alpha value is -2.85. The molecule has 30 heavy (non-hydrogen) atoms. The number of hydrogen-bond acceptors (Lipinski definition) is 8. The minimum absolute atomic E-state index is 0.164. The van der Waals surface area contributed by atoms with Gasteiger partial charge in [0.15, 0.2) is 6.61 Å². The molecule has 1 unspecified atom stereocenters. The lowest BCUT2D eigenvalue weighted by molar-refractivity contribution is -0.147. The molecule has 1 aromatic heterocycles. The van der Waals surface area contributed by atoms with Gasteiger partial charge in [0.25, 0.3) is 5.91 Å². The molecular weight excluding hydrogens is 428 g/mol. The average molecular weight is 449 g/mol. The summed E-state index contributed by atoms with van der Waals surface area (Å²) in [6, 6.07) is 7.31. The van der Waals surface area contributed by atoms with Crippen LogP contribution >= 0.6 is 23.1 Å². The van der Waals surface area contributed by atoms with E-state index in [0.717, 1.165) is 15.3 Å². The number of rotatable bonds is 6. The Morgan fingerprint density at radius 1 is 1.20 bits per heavy atom. The molecule has 2 aromatic rings. The number of thiophene rings is 1. The summed E-state index contributed by atoms with van der Waals surface area (Å²) in [5.41, 5.74) is 1.72. The van der Waals surface area contributed by atoms with Crippen LogP contribution in [0.4, 0.5) is 10.7 Å². The van der Waals surface area contributed by atoms with Crippen molar-refractivity contribution in [3.05, 3.63) is 40.3 Å². The number of thioether (sulfide) groups is 1. The number of benzene rings is 1. The van der Waals surface area contributed by atoms with E-state index in [0.29, 0.717) is 10.7 Å². The number of nitrogens with one attached hydrogen (secondary N) is 2. The van der Waals surface area contributed by atoms with Gasteiger partial charge in [-0.05, 0) is 31.5 Å². The molecule has 1 aromatic carbocycles. The summed E-state index contributed by atoms with van der Waals surface area (Å²) < 4.78 is 9.78. The second-order valence-electron chi connectivity index (χ2n) is 6.48. The molecule has 3 rings (SSSR count). The summed E-state index contributed by atoms with van der Waals surface area (Å²) in [7, 11) is 1.26. The van der Waals surface area contributed by atoms with Gasteiger partial charge in [0.1, 0.15) is 5.00 Å². The lowest BCUT2D eigenvalue weighted by Crippen LogP contribution is -2.32. The molecule has 0 saturated heterocycles. The number of fused-ring (bicyclic) bond motifs is 1. The van der Waals surface area contributed by atoms with Crippen LogP contribution in [-0.4, -0.2) is 42.7 Å². The Kier molecular flexibility index (Phi) is 6.78. The van der Waals surface area contributed by atoms with Crippen LogP contribution in [0.25, 0.3) is 0 Å². The third-order valence-electron chi connectivity index (χ3n) is 4.45. The van der Waals surface area contributed by atoms with Crippen molar-refractivity contribution in [1.82, 2.24) is 0 Å². The summed E-state index contributed by atoms with van der Waals surface area (Å²) in [4.78, 5) is 50.2. The number of aryl methyl sites for hydroxylation is 1. The van der Waals surface area contributed by atoms with Gasteiger partial charge in [-0.15, -0.1) is 23.1 Å². The summed E-state index contributed by atoms with van der Waals surface area (Å²) >= 11 is 2.52. The van der Waals surface area contributed by atoms with Gasteiger partial charge < -0.3 is 20.1 Å². The fourth-order valence-corrected chi connectivity index (χ4v) is 4.97. The van der Waals surface area contributed by atoms with Crippen molar-refractivity contribution in [2.45, 2.75) is 30.4 Å². The zero-order valence-corrected chi connectivity index (χ0v) is 18.2. The fourth-order valence-electron chi connectivity index (χ4n) is 2.81. The monoisotopic (exact) mass is 448 g/mol. The molecule has 8 nitrogen and oxygen atoms in total. The van der Waals surface area contributed by atoms with E-state index in [4.69, 9.17) is 9.47 Å². The number of hydrogen-bond donors (Lipinski definition) is 2. The molecule has 0 saturated carbocycles. The maximum absolute atomic E-state index is 12.2. The number of para-hydroxylation sites is 1. The molecule has 2 heterocycles. The molecule has 1 aliphatic heterocycles. The van der Waals surface area contributed by atoms with E-state index in [9.17, 15) is 19.2 Å². The second kappa shape index (κ2) is 9.31. The first-order chi connectivity index (χ1) is 14.3. The minimum atomic E-state index is -0.663. The first kappa shape index (κ1) is 21.8. The smallest absolute Gasteiger partial charge is 0.341 e. The maximum Gasteiger partial charge on any atom is 0.341 e. The van der Waals surface area contributed by atoms with Gasteiger partial charge in [0.05, 0.1) is 30.0 Å². The molecule has 2 amide bonds. The van der Waals surface area contributed by atoms with Gasteiger partial charge >= 0.3 is 11.9 Å². The van der Waals surface area contributed by atoms with Crippen LogP contribution in [0.2, 0.25) is 0 Å². The van der Waals surface area contributed by atoms with Crippen LogP contribution in [0.5, 0.6) is 0 Å². The summed E-state index contributed by atoms with van der Waals surface area (Å²) in [6.45, 7) is 3.07. The van der Waals surface area contributed by atoms with Crippen molar-refractivity contribution < 1.29 is 28.7 Å². The Bertz CT molecular complexity index is 1020. The first-order valence-corrected chi connectivity index (χ1v) is 10.7. The predicted octanol–water partition coefficient (Wildman–Crippen LogP) is 3.14. The van der Waals surface area contributed by atoms with Gasteiger partial charge in [-0.2, -0.15) is 0 Å². The van der Waals surface area contributed by atoms with Crippen molar-refractivity contribution in [1.29, 1.82) is 0 Å². The van der Waals surface area contributed by atoms with Crippen LogP contribution in [0.3, 0.4) is 0 Å². The zero-order valence-electron chi connectivity index (χ0n) is 16.6. The number of carbonyl (C=O) groups is 4. The molecule has 1 atom stereocenters. The number of carbonyl (C=O) groups excluding carboxylic acids is 4. The van der Waals surface area contributed by atoms with Crippen molar-refractivity contribution in [3.63, 3.8) is 0 Å². The van der Waals surface area contributed by atoms with E-state index in [1.165, 1.54) is 30.2 Å². The normalized spacial score (nSPS) is 15.0. The standard InChI is InChI=1S/C20H20N2O6S2/c1-10-11(2)29-19(17(10)20(26)27-3)22-15(23)9-28-16(24)8-14-18(25)21-12-6-4-5-7-13(12)30-14/h4-7,14H,8-9H2,1-3H3,(H,21,25)(H,22,23). The molecule has 0 spiro atoms. The maximum atomic E-state index is 12.2. The highest BCUT2D eigenvalue weighted by atomic mass is 32.2. The third-order valence-corrected chi connectivity index (χ3v) is 6.85. The lowest BCUT2D eigenvalue weighted by atomic mass is 10.1. The molecular formula is C20H20N2O6S2. The molecule has 0 bridgehead atoms. The average Bonchev–Trinajstić information content (AvgIpc) is 2.99. The first-order valence-electron chi connectivity index (χ1n) is 9.00. The number of amides is 2. The number of ether oxygens (including phenoxy) is 2. The lowest BCUT2D eigenvalue weighted by Gasteiger charge is -2.23. The van der Waals surface area contributed by atoms with E-state index in [2.05, 4.69) is 10.6 Å². The predicted molar refractivity (Wildman–Crippen MR) is 114 cm³/mol. The number of esters is 2. The van der Waals surface area contributed by atoms with E-state index < -0.39 is 29.7 Å². The highest BCUT2D eigenvalue weighted by molar-refractivity contribution is 8.01. The van der Waals surface area contributed by atoms with Crippen LogP contribution in [0, 0.1) is 13.8 Å². The third kappa shape index (κ3) is 4.82. The molecule has 0 radical (unpaired) electrons. The van der Waals surface area contributed by atoms with Crippen LogP contribution in [0.15, 0.2) is 29.2 Å². The van der Waals surface area contributed by atoms with Crippen molar-refractivity contribution >= 4 is 57.5 Å². The summed E-state index contributed by atoms with van der Waals surface area (Å²) in [6.07, 6.45) is -0.164. The van der Waals surface area contributed by atoms with Gasteiger partial charge in [-0.3, -0.25) is 14.4 Å². The Morgan fingerprint density at radius 3 is 2.67 bits per heavy atom. The Morgan fingerprint density at radius 2 is 1.93 bits per heavy atom. The van der Waals surface area contributed by atoms with E-state index in [1.807, 2.05) is 25.1 Å². The molecule has 158 valence electrons. The molecule has 10 heteroatoms. The minimum Gasteiger partial charge on any atom is -0.465 e. The van der Waals surface area contributed by atoms with Gasteiger partial charge in [0, 0.05) is 9.77 Å².